The van der Waals surface area contributed by atoms with Crippen LogP contribution in [0, 0.1) is 6.92 Å². The predicted molar refractivity (Wildman–Crippen MR) is 79.6 cm³/mol. The van der Waals surface area contributed by atoms with E-state index in [0.29, 0.717) is 0 Å². The van der Waals surface area contributed by atoms with E-state index >= 15 is 0 Å². The third-order valence-electron chi connectivity index (χ3n) is 3.23. The number of nitrogens with zero attached hydrogens (tertiary/aromatic N) is 2. The van der Waals surface area contributed by atoms with Gasteiger partial charge in [0.25, 0.3) is 0 Å². The van der Waals surface area contributed by atoms with Crippen molar-refractivity contribution < 1.29 is 0 Å². The number of benzene rings is 1. The highest BCUT2D eigenvalue weighted by Gasteiger charge is 2.10. The molecule has 19 heavy (non-hydrogen) atoms. The molecule has 0 aliphatic heterocycles. The lowest BCUT2D eigenvalue weighted by Crippen LogP contribution is -2.19. The maximum Gasteiger partial charge on any atom is 0.113 e. The van der Waals surface area contributed by atoms with Gasteiger partial charge in [-0.1, -0.05) is 24.6 Å². The Bertz CT molecular complexity index is 541. The molecule has 0 aliphatic carbocycles. The Morgan fingerprint density at radius 1 is 1.37 bits per heavy atom. The molecule has 0 fully saturated rings. The average Bonchev–Trinajstić information content (AvgIpc) is 2.77. The molecule has 0 radical (unpaired) electrons. The molecule has 1 aromatic heterocycles. The summed E-state index contributed by atoms with van der Waals surface area (Å²) in [7, 11) is 0. The number of hydrogen-bond acceptors (Lipinski definition) is 2. The van der Waals surface area contributed by atoms with Crippen molar-refractivity contribution >= 4 is 0 Å². The summed E-state index contributed by atoms with van der Waals surface area (Å²) >= 11 is 0. The van der Waals surface area contributed by atoms with Crippen LogP contribution in [-0.2, 0) is 12.8 Å². The molecule has 0 saturated heterocycles. The number of aromatic nitrogens is 2. The van der Waals surface area contributed by atoms with Crippen LogP contribution in [0.5, 0.6) is 0 Å². The van der Waals surface area contributed by atoms with Crippen molar-refractivity contribution in [3.05, 3.63) is 47.5 Å². The topological polar surface area (TPSA) is 43.8 Å². The Morgan fingerprint density at radius 2 is 2.16 bits per heavy atom. The number of aryl methyl sites for hydroxylation is 2. The molecule has 1 atom stereocenters. The minimum Gasteiger partial charge on any atom is -0.328 e. The molecule has 1 heterocycles. The largest absolute Gasteiger partial charge is 0.328 e. The van der Waals surface area contributed by atoms with E-state index in [1.807, 2.05) is 19.3 Å². The summed E-state index contributed by atoms with van der Waals surface area (Å²) in [5.41, 5.74) is 9.75. The van der Waals surface area contributed by atoms with Crippen molar-refractivity contribution in [1.29, 1.82) is 0 Å². The second-order valence-electron chi connectivity index (χ2n) is 5.28. The SMILES string of the molecule is CCCc1nccn1-c1ccc(C)cc1CC(C)N. The van der Waals surface area contributed by atoms with E-state index in [4.69, 9.17) is 5.73 Å². The normalized spacial score (nSPS) is 12.6. The van der Waals surface area contributed by atoms with E-state index < -0.39 is 0 Å². The Balaban J connectivity index is 2.45. The van der Waals surface area contributed by atoms with Crippen molar-refractivity contribution in [3.8, 4) is 5.69 Å². The molecule has 102 valence electrons. The van der Waals surface area contributed by atoms with Gasteiger partial charge < -0.3 is 10.3 Å². The Kier molecular flexibility index (Phi) is 4.38. The van der Waals surface area contributed by atoms with Gasteiger partial charge in [0.05, 0.1) is 0 Å². The molecule has 3 nitrogen and oxygen atoms in total. The van der Waals surface area contributed by atoms with Crippen LogP contribution in [0.3, 0.4) is 0 Å². The molecule has 0 bridgehead atoms. The molecule has 0 saturated carbocycles. The first kappa shape index (κ1) is 13.8. The fourth-order valence-electron chi connectivity index (χ4n) is 2.42. The molecule has 0 aliphatic rings. The summed E-state index contributed by atoms with van der Waals surface area (Å²) in [5.74, 6) is 1.12. The molecule has 1 unspecified atom stereocenters. The molecule has 2 rings (SSSR count). The molecule has 1 aromatic carbocycles. The van der Waals surface area contributed by atoms with Gasteiger partial charge in [0.2, 0.25) is 0 Å². The fourth-order valence-corrected chi connectivity index (χ4v) is 2.42. The predicted octanol–water partition coefficient (Wildman–Crippen LogP) is 3.02. The van der Waals surface area contributed by atoms with Crippen LogP contribution in [0.1, 0.15) is 37.2 Å². The highest BCUT2D eigenvalue weighted by Crippen LogP contribution is 2.20. The summed E-state index contributed by atoms with van der Waals surface area (Å²) in [4.78, 5) is 4.46. The van der Waals surface area contributed by atoms with Gasteiger partial charge in [-0.05, 0) is 38.3 Å². The zero-order valence-corrected chi connectivity index (χ0v) is 12.1. The molecule has 2 N–H and O–H groups in total. The Hall–Kier alpha value is -1.61. The van der Waals surface area contributed by atoms with Gasteiger partial charge in [-0.15, -0.1) is 0 Å². The number of nitrogens with two attached hydrogens (primary N) is 1. The van der Waals surface area contributed by atoms with E-state index in [2.05, 4.69) is 41.6 Å². The number of imidazole rings is 1. The summed E-state index contributed by atoms with van der Waals surface area (Å²) in [6, 6.07) is 6.72. The third-order valence-corrected chi connectivity index (χ3v) is 3.23. The monoisotopic (exact) mass is 257 g/mol. The third kappa shape index (κ3) is 3.24. The van der Waals surface area contributed by atoms with Crippen LogP contribution in [0.4, 0.5) is 0 Å². The smallest absolute Gasteiger partial charge is 0.113 e. The van der Waals surface area contributed by atoms with Gasteiger partial charge in [-0.2, -0.15) is 0 Å². The van der Waals surface area contributed by atoms with E-state index in [1.54, 1.807) is 0 Å². The lowest BCUT2D eigenvalue weighted by atomic mass is 10.0. The van der Waals surface area contributed by atoms with Gasteiger partial charge in [-0.25, -0.2) is 4.98 Å². The van der Waals surface area contributed by atoms with E-state index in [0.717, 1.165) is 25.1 Å². The molecule has 3 heteroatoms. The van der Waals surface area contributed by atoms with Crippen LogP contribution >= 0.6 is 0 Å². The van der Waals surface area contributed by atoms with E-state index in [-0.39, 0.29) is 6.04 Å². The van der Waals surface area contributed by atoms with Crippen LogP contribution in [0.25, 0.3) is 5.69 Å². The minimum absolute atomic E-state index is 0.165. The first-order valence-corrected chi connectivity index (χ1v) is 6.99. The number of hydrogen-bond donors (Lipinski definition) is 1. The molecular formula is C16H23N3. The minimum atomic E-state index is 0.165. The van der Waals surface area contributed by atoms with Crippen LogP contribution < -0.4 is 5.73 Å². The van der Waals surface area contributed by atoms with Crippen molar-refractivity contribution in [1.82, 2.24) is 9.55 Å². The molecule has 0 spiro atoms. The van der Waals surface area contributed by atoms with Crippen molar-refractivity contribution in [2.24, 2.45) is 5.73 Å². The van der Waals surface area contributed by atoms with Gasteiger partial charge in [-0.3, -0.25) is 0 Å². The highest BCUT2D eigenvalue weighted by molar-refractivity contribution is 5.44. The van der Waals surface area contributed by atoms with Gasteiger partial charge in [0.15, 0.2) is 0 Å². The summed E-state index contributed by atoms with van der Waals surface area (Å²) in [5, 5.41) is 0. The molecule has 2 aromatic rings. The second-order valence-corrected chi connectivity index (χ2v) is 5.28. The zero-order chi connectivity index (χ0) is 13.8. The van der Waals surface area contributed by atoms with Crippen molar-refractivity contribution in [3.63, 3.8) is 0 Å². The fraction of sp³-hybridized carbons (Fsp3) is 0.438. The lowest BCUT2D eigenvalue weighted by Gasteiger charge is -2.15. The molecule has 0 amide bonds. The highest BCUT2D eigenvalue weighted by atomic mass is 15.1. The van der Waals surface area contributed by atoms with E-state index in [1.165, 1.54) is 16.8 Å². The summed E-state index contributed by atoms with van der Waals surface area (Å²) < 4.78 is 2.20. The van der Waals surface area contributed by atoms with Crippen molar-refractivity contribution in [2.45, 2.75) is 46.1 Å². The van der Waals surface area contributed by atoms with Gasteiger partial charge in [0.1, 0.15) is 5.82 Å². The zero-order valence-electron chi connectivity index (χ0n) is 12.1. The van der Waals surface area contributed by atoms with Crippen LogP contribution in [-0.4, -0.2) is 15.6 Å². The van der Waals surface area contributed by atoms with Gasteiger partial charge >= 0.3 is 0 Å². The van der Waals surface area contributed by atoms with Crippen LogP contribution in [0.15, 0.2) is 30.6 Å². The second kappa shape index (κ2) is 6.02. The van der Waals surface area contributed by atoms with Crippen molar-refractivity contribution in [2.75, 3.05) is 0 Å². The Morgan fingerprint density at radius 3 is 2.84 bits per heavy atom. The first-order chi connectivity index (χ1) is 9.11. The van der Waals surface area contributed by atoms with Crippen LogP contribution in [0.2, 0.25) is 0 Å². The standard InChI is InChI=1S/C16H23N3/c1-4-5-16-18-8-9-19(16)15-7-6-12(2)10-14(15)11-13(3)17/h6-10,13H,4-5,11,17H2,1-3H3. The number of rotatable bonds is 5. The lowest BCUT2D eigenvalue weighted by molar-refractivity contribution is 0.728. The quantitative estimate of drug-likeness (QED) is 0.894. The van der Waals surface area contributed by atoms with E-state index in [9.17, 15) is 0 Å². The van der Waals surface area contributed by atoms with Gasteiger partial charge in [0, 0.05) is 30.5 Å². The summed E-state index contributed by atoms with van der Waals surface area (Å²) in [6.45, 7) is 6.35. The maximum atomic E-state index is 5.97. The Labute approximate surface area is 115 Å². The average molecular weight is 257 g/mol. The summed E-state index contributed by atoms with van der Waals surface area (Å²) in [6.07, 6.45) is 6.91. The molecular weight excluding hydrogens is 234 g/mol. The first-order valence-electron chi connectivity index (χ1n) is 6.99. The maximum absolute atomic E-state index is 5.97.